The topological polar surface area (TPSA) is 41.6 Å². The van der Waals surface area contributed by atoms with Gasteiger partial charge in [0.25, 0.3) is 0 Å². The maximum atomic E-state index is 11.9. The highest BCUT2D eigenvalue weighted by molar-refractivity contribution is 5.81. The van der Waals surface area contributed by atoms with E-state index in [2.05, 4.69) is 24.2 Å². The van der Waals surface area contributed by atoms with Gasteiger partial charge in [-0.05, 0) is 45.7 Å². The second kappa shape index (κ2) is 4.34. The summed E-state index contributed by atoms with van der Waals surface area (Å²) >= 11 is 0. The predicted molar refractivity (Wildman–Crippen MR) is 62.2 cm³/mol. The van der Waals surface area contributed by atoms with Gasteiger partial charge in [0.15, 0.2) is 0 Å². The zero-order valence-electron chi connectivity index (χ0n) is 10.5. The van der Waals surface area contributed by atoms with Crippen molar-refractivity contribution in [2.75, 3.05) is 27.2 Å². The highest BCUT2D eigenvalue weighted by atomic mass is 16.5. The molecule has 16 heavy (non-hydrogen) atoms. The molecule has 2 unspecified atom stereocenters. The quantitative estimate of drug-likeness (QED) is 0.714. The molecule has 1 saturated carbocycles. The number of nitrogens with zero attached hydrogens (tertiary/aromatic N) is 1. The Balaban J connectivity index is 2.03. The predicted octanol–water partition coefficient (Wildman–Crippen LogP) is 0.622. The van der Waals surface area contributed by atoms with Gasteiger partial charge in [-0.25, -0.2) is 0 Å². The van der Waals surface area contributed by atoms with Crippen LogP contribution >= 0.6 is 0 Å². The number of carbonyl (C=O) groups is 1. The molecule has 0 bridgehead atoms. The average molecular weight is 226 g/mol. The Morgan fingerprint density at radius 1 is 1.56 bits per heavy atom. The van der Waals surface area contributed by atoms with E-state index in [9.17, 15) is 4.79 Å². The minimum absolute atomic E-state index is 0.107. The van der Waals surface area contributed by atoms with E-state index in [-0.39, 0.29) is 5.97 Å². The largest absolute Gasteiger partial charge is 0.468 e. The Hall–Kier alpha value is -0.610. The molecular weight excluding hydrogens is 204 g/mol. The molecule has 0 aromatic carbocycles. The first-order valence-corrected chi connectivity index (χ1v) is 6.11. The zero-order chi connectivity index (χ0) is 11.8. The van der Waals surface area contributed by atoms with Gasteiger partial charge in [-0.15, -0.1) is 0 Å². The molecule has 0 amide bonds. The Labute approximate surface area is 97.3 Å². The molecule has 1 saturated heterocycles. The third-order valence-electron chi connectivity index (χ3n) is 3.92. The van der Waals surface area contributed by atoms with Crippen LogP contribution in [0.1, 0.15) is 26.2 Å². The second-order valence-corrected chi connectivity index (χ2v) is 5.37. The third kappa shape index (κ3) is 2.23. The third-order valence-corrected chi connectivity index (χ3v) is 3.92. The summed E-state index contributed by atoms with van der Waals surface area (Å²) in [5, 5.41) is 3.45. The number of hydrogen-bond donors (Lipinski definition) is 1. The summed E-state index contributed by atoms with van der Waals surface area (Å²) in [7, 11) is 3.54. The van der Waals surface area contributed by atoms with Gasteiger partial charge < -0.3 is 15.0 Å². The minimum atomic E-state index is -0.467. The van der Waals surface area contributed by atoms with E-state index in [1.54, 1.807) is 0 Å². The minimum Gasteiger partial charge on any atom is -0.468 e. The van der Waals surface area contributed by atoms with Crippen molar-refractivity contribution in [3.63, 3.8) is 0 Å². The summed E-state index contributed by atoms with van der Waals surface area (Å²) in [5.41, 5.74) is -0.467. The summed E-state index contributed by atoms with van der Waals surface area (Å²) in [4.78, 5) is 14.2. The van der Waals surface area contributed by atoms with Gasteiger partial charge in [0.05, 0.1) is 7.11 Å². The zero-order valence-corrected chi connectivity index (χ0v) is 10.5. The molecule has 0 spiro atoms. The number of ether oxygens (including phenoxy) is 1. The van der Waals surface area contributed by atoms with Crippen molar-refractivity contribution in [2.45, 2.75) is 37.8 Å². The molecule has 2 rings (SSSR count). The van der Waals surface area contributed by atoms with Crippen LogP contribution in [-0.4, -0.2) is 49.7 Å². The molecule has 2 atom stereocenters. The molecule has 0 radical (unpaired) electrons. The fraction of sp³-hybridized carbons (Fsp3) is 0.917. The van der Waals surface area contributed by atoms with Crippen LogP contribution in [0.2, 0.25) is 0 Å². The van der Waals surface area contributed by atoms with Gasteiger partial charge in [0.1, 0.15) is 5.54 Å². The Kier molecular flexibility index (Phi) is 3.22. The Morgan fingerprint density at radius 2 is 2.25 bits per heavy atom. The van der Waals surface area contributed by atoms with E-state index in [1.807, 2.05) is 0 Å². The van der Waals surface area contributed by atoms with Crippen LogP contribution in [0, 0.1) is 5.92 Å². The molecule has 2 aliphatic rings. The Bertz CT molecular complexity index is 266. The van der Waals surface area contributed by atoms with Crippen LogP contribution in [0.15, 0.2) is 0 Å². The molecule has 1 N–H and O–H groups in total. The van der Waals surface area contributed by atoms with Gasteiger partial charge in [-0.3, -0.25) is 4.79 Å². The number of hydrogen-bond acceptors (Lipinski definition) is 4. The fourth-order valence-electron chi connectivity index (χ4n) is 2.51. The molecular formula is C12H22N2O2. The first-order valence-electron chi connectivity index (χ1n) is 6.11. The van der Waals surface area contributed by atoms with E-state index in [0.717, 1.165) is 25.4 Å². The van der Waals surface area contributed by atoms with Crippen LogP contribution in [0.4, 0.5) is 0 Å². The first-order chi connectivity index (χ1) is 7.57. The fourth-order valence-corrected chi connectivity index (χ4v) is 2.51. The van der Waals surface area contributed by atoms with Crippen LogP contribution in [-0.2, 0) is 9.53 Å². The normalized spacial score (nSPS) is 35.3. The number of rotatable bonds is 4. The highest BCUT2D eigenvalue weighted by Gasteiger charge is 2.48. The number of carbonyl (C=O) groups excluding carboxylic acids is 1. The lowest BCUT2D eigenvalue weighted by Gasteiger charge is -2.27. The van der Waals surface area contributed by atoms with Crippen molar-refractivity contribution in [3.8, 4) is 0 Å². The van der Waals surface area contributed by atoms with Crippen molar-refractivity contribution in [3.05, 3.63) is 0 Å². The molecule has 2 fully saturated rings. The van der Waals surface area contributed by atoms with Crippen molar-refractivity contribution in [1.82, 2.24) is 10.2 Å². The van der Waals surface area contributed by atoms with Gasteiger partial charge >= 0.3 is 5.97 Å². The summed E-state index contributed by atoms with van der Waals surface area (Å²) in [6.45, 7) is 3.87. The van der Waals surface area contributed by atoms with Gasteiger partial charge in [0, 0.05) is 12.6 Å². The Morgan fingerprint density at radius 3 is 2.69 bits per heavy atom. The monoisotopic (exact) mass is 226 g/mol. The maximum absolute atomic E-state index is 11.9. The SMILES string of the molecule is COC(=O)C1(NCC2CC2)CC(C)N(C)C1. The van der Waals surface area contributed by atoms with Crippen molar-refractivity contribution in [1.29, 1.82) is 0 Å². The summed E-state index contributed by atoms with van der Waals surface area (Å²) < 4.78 is 4.96. The molecule has 4 nitrogen and oxygen atoms in total. The second-order valence-electron chi connectivity index (χ2n) is 5.37. The van der Waals surface area contributed by atoms with Crippen molar-refractivity contribution < 1.29 is 9.53 Å². The van der Waals surface area contributed by atoms with Crippen LogP contribution in [0.3, 0.4) is 0 Å². The summed E-state index contributed by atoms with van der Waals surface area (Å²) in [6.07, 6.45) is 3.45. The smallest absolute Gasteiger partial charge is 0.327 e. The number of nitrogens with one attached hydrogen (secondary N) is 1. The van der Waals surface area contributed by atoms with Crippen LogP contribution in [0.25, 0.3) is 0 Å². The number of likely N-dealkylation sites (tertiary alicyclic amines) is 1. The standard InChI is InChI=1S/C12H22N2O2/c1-9-6-12(8-14(9)2,11(15)16-3)13-7-10-4-5-10/h9-10,13H,4-8H2,1-3H3. The average Bonchev–Trinajstić information content (AvgIpc) is 3.04. The van der Waals surface area contributed by atoms with E-state index >= 15 is 0 Å². The number of likely N-dealkylation sites (N-methyl/N-ethyl adjacent to an activating group) is 1. The van der Waals surface area contributed by atoms with E-state index in [1.165, 1.54) is 20.0 Å². The lowest BCUT2D eigenvalue weighted by atomic mass is 9.96. The number of methoxy groups -OCH3 is 1. The summed E-state index contributed by atoms with van der Waals surface area (Å²) in [5.74, 6) is 0.673. The molecule has 0 aromatic rings. The van der Waals surface area contributed by atoms with E-state index < -0.39 is 5.54 Å². The summed E-state index contributed by atoms with van der Waals surface area (Å²) in [6, 6.07) is 0.436. The maximum Gasteiger partial charge on any atom is 0.327 e. The van der Waals surface area contributed by atoms with Crippen molar-refractivity contribution >= 4 is 5.97 Å². The molecule has 1 aliphatic heterocycles. The van der Waals surface area contributed by atoms with Gasteiger partial charge in [0.2, 0.25) is 0 Å². The molecule has 0 aromatic heterocycles. The lowest BCUT2D eigenvalue weighted by molar-refractivity contribution is -0.148. The molecule has 4 heteroatoms. The molecule has 1 heterocycles. The lowest BCUT2D eigenvalue weighted by Crippen LogP contribution is -2.55. The van der Waals surface area contributed by atoms with Gasteiger partial charge in [-0.1, -0.05) is 0 Å². The van der Waals surface area contributed by atoms with E-state index in [4.69, 9.17) is 4.74 Å². The van der Waals surface area contributed by atoms with Crippen LogP contribution in [0.5, 0.6) is 0 Å². The van der Waals surface area contributed by atoms with Crippen LogP contribution < -0.4 is 5.32 Å². The molecule has 1 aliphatic carbocycles. The highest BCUT2D eigenvalue weighted by Crippen LogP contribution is 2.31. The molecule has 92 valence electrons. The van der Waals surface area contributed by atoms with Crippen molar-refractivity contribution in [2.24, 2.45) is 5.92 Å². The van der Waals surface area contributed by atoms with Gasteiger partial charge in [-0.2, -0.15) is 0 Å². The first kappa shape index (κ1) is 11.9. The number of esters is 1. The van der Waals surface area contributed by atoms with E-state index in [0.29, 0.717) is 6.04 Å².